The van der Waals surface area contributed by atoms with E-state index in [0.717, 1.165) is 12.1 Å². The molecule has 0 spiro atoms. The fraction of sp³-hybridized carbons (Fsp3) is 0.167. The first kappa shape index (κ1) is 12.9. The first-order valence-corrected chi connectivity index (χ1v) is 5.18. The highest BCUT2D eigenvalue weighted by Gasteiger charge is 2.19. The van der Waals surface area contributed by atoms with Gasteiger partial charge in [-0.1, -0.05) is 5.16 Å². The number of rotatable bonds is 4. The Morgan fingerprint density at radius 1 is 1.32 bits per heavy atom. The second-order valence-electron chi connectivity index (χ2n) is 3.57. The molecule has 1 N–H and O–H groups in total. The van der Waals surface area contributed by atoms with E-state index in [1.807, 2.05) is 0 Å². The second-order valence-corrected chi connectivity index (χ2v) is 3.57. The Morgan fingerprint density at radius 3 is 2.58 bits per heavy atom. The fourth-order valence-electron chi connectivity index (χ4n) is 1.62. The molecule has 1 heterocycles. The molecule has 7 heteroatoms. The van der Waals surface area contributed by atoms with Gasteiger partial charge in [-0.05, 0) is 6.07 Å². The van der Waals surface area contributed by atoms with E-state index in [9.17, 15) is 9.18 Å². The molecular weight excluding hydrogens is 257 g/mol. The topological polar surface area (TPSA) is 81.8 Å². The molecule has 0 bridgehead atoms. The van der Waals surface area contributed by atoms with Crippen molar-refractivity contribution < 1.29 is 28.3 Å². The largest absolute Gasteiger partial charge is 0.493 e. The van der Waals surface area contributed by atoms with Gasteiger partial charge in [0.15, 0.2) is 23.0 Å². The summed E-state index contributed by atoms with van der Waals surface area (Å²) in [4.78, 5) is 10.7. The van der Waals surface area contributed by atoms with Crippen molar-refractivity contribution in [2.75, 3.05) is 14.2 Å². The van der Waals surface area contributed by atoms with Gasteiger partial charge in [-0.3, -0.25) is 0 Å². The van der Waals surface area contributed by atoms with Crippen molar-refractivity contribution in [2.45, 2.75) is 0 Å². The second kappa shape index (κ2) is 4.97. The molecule has 19 heavy (non-hydrogen) atoms. The van der Waals surface area contributed by atoms with Crippen LogP contribution >= 0.6 is 0 Å². The molecule has 0 saturated carbocycles. The summed E-state index contributed by atoms with van der Waals surface area (Å²) >= 11 is 0. The zero-order chi connectivity index (χ0) is 14.0. The maximum Gasteiger partial charge on any atom is 0.358 e. The molecule has 2 rings (SSSR count). The highest BCUT2D eigenvalue weighted by Crippen LogP contribution is 2.39. The lowest BCUT2D eigenvalue weighted by Gasteiger charge is -2.10. The van der Waals surface area contributed by atoms with Crippen molar-refractivity contribution in [1.82, 2.24) is 5.16 Å². The Bertz CT molecular complexity index is 623. The van der Waals surface area contributed by atoms with Crippen LogP contribution < -0.4 is 9.47 Å². The Morgan fingerprint density at radius 2 is 2.05 bits per heavy atom. The molecule has 6 nitrogen and oxygen atoms in total. The lowest BCUT2D eigenvalue weighted by molar-refractivity contribution is 0.0686. The van der Waals surface area contributed by atoms with Gasteiger partial charge in [0.25, 0.3) is 0 Å². The molecule has 0 fully saturated rings. The molecule has 1 aromatic carbocycles. The van der Waals surface area contributed by atoms with Gasteiger partial charge in [0, 0.05) is 12.1 Å². The molecule has 0 aliphatic carbocycles. The molecule has 0 atom stereocenters. The van der Waals surface area contributed by atoms with Gasteiger partial charge >= 0.3 is 5.97 Å². The summed E-state index contributed by atoms with van der Waals surface area (Å²) in [7, 11) is 2.75. The summed E-state index contributed by atoms with van der Waals surface area (Å²) in [5.41, 5.74) is -0.0559. The fourth-order valence-corrected chi connectivity index (χ4v) is 1.62. The number of hydrogen-bond donors (Lipinski definition) is 1. The lowest BCUT2D eigenvalue weighted by atomic mass is 10.1. The lowest BCUT2D eigenvalue weighted by Crippen LogP contribution is -1.95. The standard InChI is InChI=1S/C12H10FNO5/c1-17-10-4-6(13)3-7(11(10)18-2)9-5-8(12(15)16)14-19-9/h3-5H,1-2H3,(H,15,16). The molecule has 0 aliphatic heterocycles. The van der Waals surface area contributed by atoms with Gasteiger partial charge < -0.3 is 19.1 Å². The van der Waals surface area contributed by atoms with Gasteiger partial charge in [-0.2, -0.15) is 0 Å². The summed E-state index contributed by atoms with van der Waals surface area (Å²) in [6.07, 6.45) is 0. The molecule has 0 unspecified atom stereocenters. The van der Waals surface area contributed by atoms with Crippen LogP contribution in [-0.4, -0.2) is 30.5 Å². The highest BCUT2D eigenvalue weighted by atomic mass is 19.1. The van der Waals surface area contributed by atoms with Crippen molar-refractivity contribution >= 4 is 5.97 Å². The summed E-state index contributed by atoms with van der Waals surface area (Å²) in [5, 5.41) is 12.1. The Kier molecular flexibility index (Phi) is 3.37. The average Bonchev–Trinajstić information content (AvgIpc) is 2.87. The van der Waals surface area contributed by atoms with E-state index >= 15 is 0 Å². The van der Waals surface area contributed by atoms with Crippen LogP contribution in [0.4, 0.5) is 4.39 Å². The van der Waals surface area contributed by atoms with Crippen molar-refractivity contribution in [3.63, 3.8) is 0 Å². The van der Waals surface area contributed by atoms with Crippen LogP contribution in [0.25, 0.3) is 11.3 Å². The first-order valence-electron chi connectivity index (χ1n) is 5.18. The molecule has 1 aromatic heterocycles. The van der Waals surface area contributed by atoms with Crippen molar-refractivity contribution in [3.8, 4) is 22.8 Å². The quantitative estimate of drug-likeness (QED) is 0.914. The van der Waals surface area contributed by atoms with Crippen molar-refractivity contribution in [2.24, 2.45) is 0 Å². The van der Waals surface area contributed by atoms with Crippen molar-refractivity contribution in [1.29, 1.82) is 0 Å². The first-order chi connectivity index (χ1) is 9.06. The molecule has 0 amide bonds. The van der Waals surface area contributed by atoms with E-state index in [0.29, 0.717) is 0 Å². The smallest absolute Gasteiger partial charge is 0.358 e. The third kappa shape index (κ3) is 2.35. The van der Waals surface area contributed by atoms with Crippen LogP contribution in [0.2, 0.25) is 0 Å². The zero-order valence-corrected chi connectivity index (χ0v) is 10.1. The molecule has 0 aliphatic rings. The molecule has 100 valence electrons. The number of hydrogen-bond acceptors (Lipinski definition) is 5. The maximum atomic E-state index is 13.5. The van der Waals surface area contributed by atoms with Gasteiger partial charge in [0.1, 0.15) is 5.82 Å². The number of aromatic carboxylic acids is 1. The average molecular weight is 267 g/mol. The third-order valence-electron chi connectivity index (χ3n) is 2.44. The van der Waals surface area contributed by atoms with Crippen LogP contribution in [0.5, 0.6) is 11.5 Å². The molecule has 2 aromatic rings. The minimum atomic E-state index is -1.24. The van der Waals surface area contributed by atoms with Gasteiger partial charge in [-0.25, -0.2) is 9.18 Å². The maximum absolute atomic E-state index is 13.5. The predicted octanol–water partition coefficient (Wildman–Crippen LogP) is 2.20. The predicted molar refractivity (Wildman–Crippen MR) is 62.0 cm³/mol. The SMILES string of the molecule is COc1cc(F)cc(-c2cc(C(=O)O)no2)c1OC. The number of carboxylic acid groups (broad SMARTS) is 1. The normalized spacial score (nSPS) is 10.3. The Labute approximate surface area is 107 Å². The van der Waals surface area contributed by atoms with E-state index in [1.165, 1.54) is 20.3 Å². The monoisotopic (exact) mass is 267 g/mol. The highest BCUT2D eigenvalue weighted by molar-refractivity contribution is 5.87. The number of aromatic nitrogens is 1. The van der Waals surface area contributed by atoms with Gasteiger partial charge in [0.2, 0.25) is 0 Å². The van der Waals surface area contributed by atoms with Crippen LogP contribution in [0, 0.1) is 5.82 Å². The Balaban J connectivity index is 2.59. The van der Waals surface area contributed by atoms with Crippen molar-refractivity contribution in [3.05, 3.63) is 29.7 Å². The van der Waals surface area contributed by atoms with Gasteiger partial charge in [-0.15, -0.1) is 0 Å². The summed E-state index contributed by atoms with van der Waals surface area (Å²) in [6.45, 7) is 0. The number of ether oxygens (including phenoxy) is 2. The van der Waals surface area contributed by atoms with Gasteiger partial charge in [0.05, 0.1) is 19.8 Å². The van der Waals surface area contributed by atoms with E-state index in [4.69, 9.17) is 19.1 Å². The summed E-state index contributed by atoms with van der Waals surface area (Å²) < 4.78 is 28.5. The number of benzene rings is 1. The number of halogens is 1. The van der Waals surface area contributed by atoms with E-state index < -0.39 is 11.8 Å². The molecular formula is C12H10FNO5. The van der Waals surface area contributed by atoms with E-state index in [-0.39, 0.29) is 28.5 Å². The van der Waals surface area contributed by atoms with Crippen LogP contribution in [0.3, 0.4) is 0 Å². The Hall–Kier alpha value is -2.57. The third-order valence-corrected chi connectivity index (χ3v) is 2.44. The minimum absolute atomic E-state index is 0.0760. The van der Waals surface area contributed by atoms with Crippen LogP contribution in [0.1, 0.15) is 10.5 Å². The summed E-state index contributed by atoms with van der Waals surface area (Å²) in [5.74, 6) is -1.33. The van der Waals surface area contributed by atoms with Crippen LogP contribution in [0.15, 0.2) is 22.7 Å². The summed E-state index contributed by atoms with van der Waals surface area (Å²) in [6, 6.07) is 3.48. The number of carbonyl (C=O) groups is 1. The molecule has 0 saturated heterocycles. The number of nitrogens with zero attached hydrogens (tertiary/aromatic N) is 1. The number of carboxylic acids is 1. The minimum Gasteiger partial charge on any atom is -0.493 e. The van der Waals surface area contributed by atoms with E-state index in [2.05, 4.69) is 5.16 Å². The zero-order valence-electron chi connectivity index (χ0n) is 10.1. The van der Waals surface area contributed by atoms with Crippen LogP contribution in [-0.2, 0) is 0 Å². The number of methoxy groups -OCH3 is 2. The van der Waals surface area contributed by atoms with E-state index in [1.54, 1.807) is 0 Å². The molecule has 0 radical (unpaired) electrons.